The van der Waals surface area contributed by atoms with E-state index in [0.29, 0.717) is 15.3 Å². The largest absolute Gasteiger partial charge is 0.280 e. The normalized spacial score (nSPS) is 10.4. The molecule has 7 heteroatoms. The van der Waals surface area contributed by atoms with Crippen LogP contribution < -0.4 is 10.9 Å². The van der Waals surface area contributed by atoms with E-state index in [4.69, 9.17) is 0 Å². The first-order valence-corrected chi connectivity index (χ1v) is 8.75. The standard InChI is InChI=1S/C17H13FN2O2S2/c1-10-2-7-14(24-10)16(21)19-20-17(22)15-13(8-9-23-15)11-3-5-12(18)6-4-11/h2-9H,1H3,(H,19,21)(H,20,22). The van der Waals surface area contributed by atoms with Crippen molar-refractivity contribution in [2.24, 2.45) is 0 Å². The molecule has 3 aromatic rings. The first-order valence-electron chi connectivity index (χ1n) is 7.05. The lowest BCUT2D eigenvalue weighted by Gasteiger charge is -2.07. The van der Waals surface area contributed by atoms with E-state index in [1.54, 1.807) is 29.6 Å². The lowest BCUT2D eigenvalue weighted by atomic mass is 10.1. The fraction of sp³-hybridized carbons (Fsp3) is 0.0588. The van der Waals surface area contributed by atoms with Crippen molar-refractivity contribution in [1.29, 1.82) is 0 Å². The van der Waals surface area contributed by atoms with Gasteiger partial charge in [0.1, 0.15) is 10.7 Å². The van der Waals surface area contributed by atoms with E-state index >= 15 is 0 Å². The van der Waals surface area contributed by atoms with Crippen LogP contribution in [0.4, 0.5) is 4.39 Å². The van der Waals surface area contributed by atoms with Crippen LogP contribution in [-0.2, 0) is 0 Å². The summed E-state index contributed by atoms with van der Waals surface area (Å²) in [5, 5.41) is 1.78. The molecule has 0 aliphatic rings. The predicted molar refractivity (Wildman–Crippen MR) is 93.7 cm³/mol. The topological polar surface area (TPSA) is 58.2 Å². The summed E-state index contributed by atoms with van der Waals surface area (Å²) in [6.45, 7) is 1.90. The van der Waals surface area contributed by atoms with Crippen LogP contribution in [0.1, 0.15) is 24.2 Å². The fourth-order valence-corrected chi connectivity index (χ4v) is 3.70. The van der Waals surface area contributed by atoms with Crippen molar-refractivity contribution in [3.05, 3.63) is 68.3 Å². The van der Waals surface area contributed by atoms with Crippen LogP contribution in [0.15, 0.2) is 47.8 Å². The van der Waals surface area contributed by atoms with Crippen molar-refractivity contribution in [2.75, 3.05) is 0 Å². The molecule has 0 saturated heterocycles. The molecule has 0 fully saturated rings. The number of thiophene rings is 2. The van der Waals surface area contributed by atoms with Gasteiger partial charge in [0.05, 0.1) is 4.88 Å². The highest BCUT2D eigenvalue weighted by Gasteiger charge is 2.16. The molecule has 4 nitrogen and oxygen atoms in total. The van der Waals surface area contributed by atoms with Crippen molar-refractivity contribution in [3.63, 3.8) is 0 Å². The van der Waals surface area contributed by atoms with Crippen LogP contribution in [0.2, 0.25) is 0 Å². The summed E-state index contributed by atoms with van der Waals surface area (Å²) >= 11 is 2.60. The Morgan fingerprint density at radius 1 is 0.958 bits per heavy atom. The molecule has 3 rings (SSSR count). The van der Waals surface area contributed by atoms with Crippen molar-refractivity contribution >= 4 is 34.5 Å². The molecule has 2 aromatic heterocycles. The molecule has 0 unspecified atom stereocenters. The van der Waals surface area contributed by atoms with E-state index < -0.39 is 5.91 Å². The highest BCUT2D eigenvalue weighted by Crippen LogP contribution is 2.28. The lowest BCUT2D eigenvalue weighted by molar-refractivity contribution is 0.0851. The van der Waals surface area contributed by atoms with Crippen molar-refractivity contribution in [3.8, 4) is 11.1 Å². The molecule has 0 aliphatic carbocycles. The Labute approximate surface area is 145 Å². The number of rotatable bonds is 3. The Balaban J connectivity index is 1.71. The minimum atomic E-state index is -0.411. The number of hydrazine groups is 1. The van der Waals surface area contributed by atoms with E-state index in [2.05, 4.69) is 10.9 Å². The molecule has 0 spiro atoms. The number of carbonyl (C=O) groups excluding carboxylic acids is 2. The first kappa shape index (κ1) is 16.4. The summed E-state index contributed by atoms with van der Waals surface area (Å²) in [5.74, 6) is -1.11. The first-order chi connectivity index (χ1) is 11.5. The van der Waals surface area contributed by atoms with Gasteiger partial charge in [-0.1, -0.05) is 12.1 Å². The maximum Gasteiger partial charge on any atom is 0.280 e. The summed E-state index contributed by atoms with van der Waals surface area (Å²) in [4.78, 5) is 26.3. The SMILES string of the molecule is Cc1ccc(C(=O)NNC(=O)c2sccc2-c2ccc(F)cc2)s1. The maximum absolute atomic E-state index is 13.0. The number of hydrogen-bond donors (Lipinski definition) is 2. The third-order valence-electron chi connectivity index (χ3n) is 3.28. The molecule has 0 radical (unpaired) electrons. The summed E-state index contributed by atoms with van der Waals surface area (Å²) in [6.07, 6.45) is 0. The average molecular weight is 360 g/mol. The minimum Gasteiger partial charge on any atom is -0.266 e. The third kappa shape index (κ3) is 3.52. The number of aryl methyl sites for hydroxylation is 1. The Bertz CT molecular complexity index is 884. The van der Waals surface area contributed by atoms with E-state index in [1.807, 2.05) is 13.0 Å². The summed E-state index contributed by atoms with van der Waals surface area (Å²) in [6, 6.07) is 11.2. The summed E-state index contributed by atoms with van der Waals surface area (Å²) in [5.41, 5.74) is 6.26. The van der Waals surface area contributed by atoms with Gasteiger partial charge >= 0.3 is 0 Å². The molecular weight excluding hydrogens is 347 g/mol. The lowest BCUT2D eigenvalue weighted by Crippen LogP contribution is -2.41. The number of nitrogens with one attached hydrogen (secondary N) is 2. The number of carbonyl (C=O) groups is 2. The van der Waals surface area contributed by atoms with Gasteiger partial charge in [-0.2, -0.15) is 0 Å². The van der Waals surface area contributed by atoms with Crippen molar-refractivity contribution in [2.45, 2.75) is 6.92 Å². The zero-order chi connectivity index (χ0) is 17.1. The smallest absolute Gasteiger partial charge is 0.266 e. The third-order valence-corrected chi connectivity index (χ3v) is 5.19. The van der Waals surface area contributed by atoms with E-state index in [0.717, 1.165) is 10.4 Å². The minimum absolute atomic E-state index is 0.335. The molecule has 2 amide bonds. The average Bonchev–Trinajstić information content (AvgIpc) is 3.22. The zero-order valence-corrected chi connectivity index (χ0v) is 14.3. The monoisotopic (exact) mass is 360 g/mol. The second-order valence-electron chi connectivity index (χ2n) is 4.99. The van der Waals surface area contributed by atoms with Crippen LogP contribution in [0.25, 0.3) is 11.1 Å². The molecule has 122 valence electrons. The highest BCUT2D eigenvalue weighted by molar-refractivity contribution is 7.14. The van der Waals surface area contributed by atoms with Crippen LogP contribution >= 0.6 is 22.7 Å². The van der Waals surface area contributed by atoms with Gasteiger partial charge in [0.2, 0.25) is 0 Å². The molecule has 0 bridgehead atoms. The quantitative estimate of drug-likeness (QED) is 0.694. The Morgan fingerprint density at radius 3 is 2.33 bits per heavy atom. The molecule has 0 atom stereocenters. The summed E-state index contributed by atoms with van der Waals surface area (Å²) < 4.78 is 13.0. The molecule has 0 saturated carbocycles. The van der Waals surface area contributed by atoms with E-state index in [1.165, 1.54) is 34.8 Å². The zero-order valence-electron chi connectivity index (χ0n) is 12.6. The second kappa shape index (κ2) is 6.94. The predicted octanol–water partition coefficient (Wildman–Crippen LogP) is 4.00. The van der Waals surface area contributed by atoms with Crippen LogP contribution in [-0.4, -0.2) is 11.8 Å². The maximum atomic E-state index is 13.0. The Kier molecular flexibility index (Phi) is 4.73. The number of halogens is 1. The Hall–Kier alpha value is -2.51. The second-order valence-corrected chi connectivity index (χ2v) is 7.19. The van der Waals surface area contributed by atoms with Gasteiger partial charge in [0.15, 0.2) is 0 Å². The van der Waals surface area contributed by atoms with Crippen LogP contribution in [0.3, 0.4) is 0 Å². The molecule has 1 aromatic carbocycles. The number of amides is 2. The van der Waals surface area contributed by atoms with Crippen LogP contribution in [0.5, 0.6) is 0 Å². The Morgan fingerprint density at radius 2 is 1.67 bits per heavy atom. The van der Waals surface area contributed by atoms with Crippen LogP contribution in [0, 0.1) is 12.7 Å². The van der Waals surface area contributed by atoms with Gasteiger partial charge in [0, 0.05) is 10.4 Å². The van der Waals surface area contributed by atoms with E-state index in [-0.39, 0.29) is 11.7 Å². The molecule has 24 heavy (non-hydrogen) atoms. The van der Waals surface area contributed by atoms with Crippen molar-refractivity contribution < 1.29 is 14.0 Å². The van der Waals surface area contributed by atoms with Gasteiger partial charge in [-0.05, 0) is 48.2 Å². The number of hydrogen-bond acceptors (Lipinski definition) is 4. The molecule has 0 aliphatic heterocycles. The number of benzene rings is 1. The highest BCUT2D eigenvalue weighted by atomic mass is 32.1. The molecule has 2 heterocycles. The van der Waals surface area contributed by atoms with Gasteiger partial charge in [-0.3, -0.25) is 20.4 Å². The molecular formula is C17H13FN2O2S2. The van der Waals surface area contributed by atoms with Gasteiger partial charge in [-0.15, -0.1) is 22.7 Å². The van der Waals surface area contributed by atoms with Gasteiger partial charge in [-0.25, -0.2) is 4.39 Å². The fourth-order valence-electron chi connectivity index (χ4n) is 2.13. The van der Waals surface area contributed by atoms with Gasteiger partial charge < -0.3 is 0 Å². The molecule has 2 N–H and O–H groups in total. The van der Waals surface area contributed by atoms with Gasteiger partial charge in [0.25, 0.3) is 11.8 Å². The van der Waals surface area contributed by atoms with E-state index in [9.17, 15) is 14.0 Å². The summed E-state index contributed by atoms with van der Waals surface area (Å²) in [7, 11) is 0. The van der Waals surface area contributed by atoms with Crippen molar-refractivity contribution in [1.82, 2.24) is 10.9 Å².